The van der Waals surface area contributed by atoms with Crippen molar-refractivity contribution in [1.29, 1.82) is 0 Å². The summed E-state index contributed by atoms with van der Waals surface area (Å²) in [5.41, 5.74) is -8.29. The van der Waals surface area contributed by atoms with Crippen LogP contribution in [0.3, 0.4) is 0 Å². The fraction of sp³-hybridized carbons (Fsp3) is 0.579. The number of allylic oxidation sites excluding steroid dienone is 24. The van der Waals surface area contributed by atoms with Crippen LogP contribution in [-0.2, 0) is 52.4 Å². The Morgan fingerprint density at radius 2 is 1.02 bits per heavy atom. The summed E-state index contributed by atoms with van der Waals surface area (Å²) in [4.78, 5) is 85.3. The van der Waals surface area contributed by atoms with Crippen molar-refractivity contribution in [3.8, 4) is 0 Å². The summed E-state index contributed by atoms with van der Waals surface area (Å²) in [6, 6.07) is -0.799. The second-order valence-corrected chi connectivity index (χ2v) is 25.9. The van der Waals surface area contributed by atoms with E-state index in [4.69, 9.17) is 28.4 Å². The third-order valence-corrected chi connectivity index (χ3v) is 17.5. The molecule has 3 N–H and O–H groups in total. The van der Waals surface area contributed by atoms with Crippen LogP contribution in [0.2, 0.25) is 0 Å². The molecular formula is C76H109NO14. The second kappa shape index (κ2) is 38.4. The molecule has 0 aromatic carbocycles. The summed E-state index contributed by atoms with van der Waals surface area (Å²) in [7, 11) is 0. The van der Waals surface area contributed by atoms with Crippen LogP contribution in [0, 0.1) is 22.7 Å². The minimum Gasteiger partial charge on any atom is -0.461 e. The summed E-state index contributed by atoms with van der Waals surface area (Å²) in [6.07, 6.45) is 52.5. The molecule has 0 aromatic heterocycles. The van der Waals surface area contributed by atoms with Crippen molar-refractivity contribution in [1.82, 2.24) is 5.32 Å². The number of esters is 4. The van der Waals surface area contributed by atoms with Crippen molar-refractivity contribution in [3.63, 3.8) is 0 Å². The summed E-state index contributed by atoms with van der Waals surface area (Å²) in [5.74, 6) is -6.32. The molecule has 1 saturated heterocycles. The molecule has 2 unspecified atom stereocenters. The van der Waals surface area contributed by atoms with Gasteiger partial charge in [-0.25, -0.2) is 4.79 Å². The zero-order chi connectivity index (χ0) is 67.1. The van der Waals surface area contributed by atoms with Crippen LogP contribution < -0.4 is 5.32 Å². The Labute approximate surface area is 544 Å². The number of amides is 1. The lowest BCUT2D eigenvalue weighted by Crippen LogP contribution is -2.81. The van der Waals surface area contributed by atoms with Gasteiger partial charge in [-0.15, -0.1) is 0 Å². The number of hydrogen-bond donors (Lipinski definition) is 3. The van der Waals surface area contributed by atoms with Crippen molar-refractivity contribution >= 4 is 35.8 Å². The monoisotopic (exact) mass is 1260 g/mol. The molecule has 1 aliphatic heterocycles. The molecule has 11 atom stereocenters. The van der Waals surface area contributed by atoms with E-state index < -0.39 is 118 Å². The minimum absolute atomic E-state index is 0.0671. The minimum atomic E-state index is -2.29. The predicted molar refractivity (Wildman–Crippen MR) is 360 cm³/mol. The molecule has 0 spiro atoms. The number of rotatable bonds is 35. The Kier molecular flexibility index (Phi) is 32.4. The van der Waals surface area contributed by atoms with Gasteiger partial charge in [-0.1, -0.05) is 174 Å². The standard InChI is InChI=1S/C76H109NO14/c1-13-15-17-19-21-23-25-27-29-31-33-35-37-39-41-43-45-47-49-51-63(79)89-61-53-62-75(84,55-86-62)67-69(87-59(6)78)76(85)54-60(88-70(82)56(3)58(5)77-71(83)91-72(7,8)9)57(4)65(73(76,10)11)66(68(81)74(61,67)12)90-64(80)52-50-48-46-44-42-40-38-36-34-32-30-28-26-24-22-20-18-16-14-2/h15-18,21-24,27-30,33-36,39-42,45-48,56,58,60-62,66-67,69,84-85H,13-14,19-20,25-26,31-32,37-38,43-44,49-55H2,1-12H3,(H,77,83)/b17-15-,18-16-,23-21-,24-22-,29-27-,30-28-,35-33-,36-34-,41-39-,42-40-,47-45-,48-46-/t56?,58-,60?,61-,62+,66+,67-,69-,74+,75-,76+/m0/s1. The maximum absolute atomic E-state index is 16.3. The maximum atomic E-state index is 16.3. The van der Waals surface area contributed by atoms with Gasteiger partial charge >= 0.3 is 30.0 Å². The highest BCUT2D eigenvalue weighted by atomic mass is 16.6. The van der Waals surface area contributed by atoms with E-state index in [1.54, 1.807) is 55.4 Å². The van der Waals surface area contributed by atoms with Crippen LogP contribution in [0.1, 0.15) is 199 Å². The molecule has 502 valence electrons. The zero-order valence-electron chi connectivity index (χ0n) is 56.7. The van der Waals surface area contributed by atoms with Gasteiger partial charge in [0.2, 0.25) is 0 Å². The Morgan fingerprint density at radius 1 is 0.615 bits per heavy atom. The molecule has 3 aliphatic carbocycles. The quantitative estimate of drug-likeness (QED) is 0.0306. The number of aliphatic hydroxyl groups is 2. The zero-order valence-corrected chi connectivity index (χ0v) is 56.7. The summed E-state index contributed by atoms with van der Waals surface area (Å²) in [6.45, 7) is 19.8. The van der Waals surface area contributed by atoms with Gasteiger partial charge in [-0.05, 0) is 150 Å². The Bertz CT molecular complexity index is 2790. The van der Waals surface area contributed by atoms with Gasteiger partial charge in [-0.3, -0.25) is 24.0 Å². The number of nitrogens with one attached hydrogen (secondary N) is 1. The van der Waals surface area contributed by atoms with Crippen LogP contribution in [0.15, 0.2) is 157 Å². The Hall–Kier alpha value is -6.68. The van der Waals surface area contributed by atoms with Crippen molar-refractivity contribution in [2.75, 3.05) is 6.61 Å². The molecule has 91 heavy (non-hydrogen) atoms. The van der Waals surface area contributed by atoms with E-state index >= 15 is 4.79 Å². The molecular weight excluding hydrogens is 1150 g/mol. The molecule has 1 amide bonds. The van der Waals surface area contributed by atoms with Crippen LogP contribution in [0.5, 0.6) is 0 Å². The topological polar surface area (TPSA) is 210 Å². The van der Waals surface area contributed by atoms with E-state index in [0.717, 1.165) is 71.1 Å². The van der Waals surface area contributed by atoms with Crippen LogP contribution in [0.4, 0.5) is 4.79 Å². The van der Waals surface area contributed by atoms with Gasteiger partial charge in [0, 0.05) is 50.0 Å². The molecule has 15 heteroatoms. The number of hydrogen-bond acceptors (Lipinski definition) is 14. The fourth-order valence-electron chi connectivity index (χ4n) is 12.2. The van der Waals surface area contributed by atoms with Gasteiger partial charge in [0.05, 0.1) is 24.0 Å². The molecule has 4 aliphatic rings. The van der Waals surface area contributed by atoms with Crippen LogP contribution >= 0.6 is 0 Å². The van der Waals surface area contributed by atoms with Gasteiger partial charge in [0.1, 0.15) is 35.1 Å². The van der Waals surface area contributed by atoms with E-state index in [2.05, 4.69) is 129 Å². The average Bonchev–Trinajstić information content (AvgIpc) is 0.674. The highest BCUT2D eigenvalue weighted by Gasteiger charge is 2.77. The first-order valence-corrected chi connectivity index (χ1v) is 33.2. The van der Waals surface area contributed by atoms with Gasteiger partial charge in [0.15, 0.2) is 11.9 Å². The van der Waals surface area contributed by atoms with E-state index in [9.17, 15) is 34.2 Å². The smallest absolute Gasteiger partial charge is 0.407 e. The second-order valence-electron chi connectivity index (χ2n) is 25.9. The van der Waals surface area contributed by atoms with Crippen molar-refractivity contribution < 1.29 is 67.4 Å². The molecule has 2 saturated carbocycles. The SMILES string of the molecule is CC/C=C\C/C=C\C/C=C\C/C=C\C/C=C\C/C=C\CCC(=O)O[C@H]1C(=O)[C@]2(C)[C@@H](OC(=O)CC/C=C\C/C=C\C/C=C\C/C=C\C/C=C\C/C=C\CC)C[C@H]3OC[C@@]3(O)[C@H]2[C@H](OC(C)=O)[C@]2(O)CC(OC(=O)C(C)[C@H](C)NC(=O)OC(C)(C)C)C(C)=C1C2(C)C. The van der Waals surface area contributed by atoms with E-state index in [-0.39, 0.29) is 37.9 Å². The molecule has 3 fully saturated rings. The lowest BCUT2D eigenvalue weighted by molar-refractivity contribution is -0.345. The summed E-state index contributed by atoms with van der Waals surface area (Å²) in [5, 5.41) is 29.4. The summed E-state index contributed by atoms with van der Waals surface area (Å²) < 4.78 is 36.6. The number of ether oxygens (including phenoxy) is 6. The number of carbonyl (C=O) groups excluding carboxylic acids is 6. The number of Topliss-reactive ketones (excluding diaryl/α,β-unsaturated/α-hetero) is 1. The number of fused-ring (bicyclic) bond motifs is 5. The van der Waals surface area contributed by atoms with Crippen LogP contribution in [-0.4, -0.2) is 106 Å². The number of alkyl carbamates (subject to hydrolysis) is 1. The van der Waals surface area contributed by atoms with Gasteiger partial charge < -0.3 is 44.0 Å². The lowest BCUT2D eigenvalue weighted by Gasteiger charge is -2.67. The summed E-state index contributed by atoms with van der Waals surface area (Å²) >= 11 is 0. The lowest BCUT2D eigenvalue weighted by atomic mass is 9.44. The molecule has 4 rings (SSSR count). The highest BCUT2D eigenvalue weighted by molar-refractivity contribution is 5.95. The largest absolute Gasteiger partial charge is 0.461 e. The predicted octanol–water partition coefficient (Wildman–Crippen LogP) is 15.4. The van der Waals surface area contributed by atoms with Crippen molar-refractivity contribution in [2.45, 2.75) is 252 Å². The first-order chi connectivity index (χ1) is 43.3. The normalized spacial score (nSPS) is 26.9. The third kappa shape index (κ3) is 23.1. The Balaban J connectivity index is 1.60. The molecule has 15 nitrogen and oxygen atoms in total. The first-order valence-electron chi connectivity index (χ1n) is 33.2. The third-order valence-electron chi connectivity index (χ3n) is 17.5. The van der Waals surface area contributed by atoms with Gasteiger partial charge in [-0.2, -0.15) is 0 Å². The van der Waals surface area contributed by atoms with E-state index in [1.165, 1.54) is 6.92 Å². The van der Waals surface area contributed by atoms with Crippen LogP contribution in [0.25, 0.3) is 0 Å². The molecule has 0 radical (unpaired) electrons. The number of carbonyl (C=O) groups is 6. The first kappa shape index (κ1) is 76.8. The highest BCUT2D eigenvalue weighted by Crippen LogP contribution is 2.64. The molecule has 2 bridgehead atoms. The van der Waals surface area contributed by atoms with E-state index in [1.807, 2.05) is 36.5 Å². The number of ketones is 1. The van der Waals surface area contributed by atoms with Gasteiger partial charge in [0.25, 0.3) is 0 Å². The average molecular weight is 1260 g/mol. The van der Waals surface area contributed by atoms with Crippen molar-refractivity contribution in [3.05, 3.63) is 157 Å². The maximum Gasteiger partial charge on any atom is 0.407 e. The fourth-order valence-corrected chi connectivity index (χ4v) is 12.2. The Morgan fingerprint density at radius 3 is 1.41 bits per heavy atom. The molecule has 1 heterocycles. The molecule has 0 aromatic rings. The van der Waals surface area contributed by atoms with E-state index in [0.29, 0.717) is 24.8 Å². The van der Waals surface area contributed by atoms with Crippen molar-refractivity contribution in [2.24, 2.45) is 22.7 Å².